The first-order chi connectivity index (χ1) is 13.7. The van der Waals surface area contributed by atoms with Gasteiger partial charge in [-0.15, -0.1) is 4.91 Å². The highest BCUT2D eigenvalue weighted by atomic mass is 16.3. The van der Waals surface area contributed by atoms with Gasteiger partial charge in [-0.2, -0.15) is 5.10 Å². The molecule has 0 saturated carbocycles. The van der Waals surface area contributed by atoms with E-state index >= 15 is 0 Å². The number of pyridine rings is 2. The molecule has 3 aromatic rings. The molecular weight excluding hydrogens is 358 g/mol. The third-order valence-corrected chi connectivity index (χ3v) is 4.73. The Balaban J connectivity index is 1.73. The highest BCUT2D eigenvalue weighted by molar-refractivity contribution is 5.93. The minimum Gasteiger partial charge on any atom is -0.335 e. The summed E-state index contributed by atoms with van der Waals surface area (Å²) in [6.45, 7) is 3.01. The van der Waals surface area contributed by atoms with E-state index < -0.39 is 0 Å². The summed E-state index contributed by atoms with van der Waals surface area (Å²) < 4.78 is 1.65. The maximum atomic E-state index is 13.0. The predicted molar refractivity (Wildman–Crippen MR) is 103 cm³/mol. The Morgan fingerprint density at radius 1 is 1.11 bits per heavy atom. The smallest absolute Gasteiger partial charge is 0.274 e. The van der Waals surface area contributed by atoms with Crippen LogP contribution in [0.3, 0.4) is 0 Å². The molecule has 0 aromatic carbocycles. The number of piperazine rings is 1. The Labute approximate surface area is 161 Å². The fourth-order valence-corrected chi connectivity index (χ4v) is 3.11. The highest BCUT2D eigenvalue weighted by Gasteiger charge is 2.24. The normalized spacial score (nSPS) is 14.8. The van der Waals surface area contributed by atoms with Crippen LogP contribution in [0.25, 0.3) is 17.1 Å². The number of aromatic nitrogens is 4. The van der Waals surface area contributed by atoms with Crippen LogP contribution in [0, 0.1) is 4.91 Å². The summed E-state index contributed by atoms with van der Waals surface area (Å²) in [5, 5.41) is 7.42. The molecule has 0 unspecified atom stereocenters. The molecule has 1 aliphatic heterocycles. The minimum absolute atomic E-state index is 0.108. The third-order valence-electron chi connectivity index (χ3n) is 4.73. The number of nitrogens with zero attached hydrogens (tertiary/aromatic N) is 7. The lowest BCUT2D eigenvalue weighted by atomic mass is 10.2. The number of hydrogen-bond donors (Lipinski definition) is 0. The molecule has 142 valence electrons. The molecule has 3 aromatic heterocycles. The average molecular weight is 377 g/mol. The SMILES string of the molecule is CN1CCN(C(=O)c2cc(-c3ccc(N=O)cn3)n(-c3cccnc3)n2)CC1. The Kier molecular flexibility index (Phi) is 4.90. The number of rotatable bonds is 4. The molecule has 1 saturated heterocycles. The summed E-state index contributed by atoms with van der Waals surface area (Å²) in [5.41, 5.74) is 2.53. The minimum atomic E-state index is -0.108. The van der Waals surface area contributed by atoms with Crippen molar-refractivity contribution < 1.29 is 4.79 Å². The van der Waals surface area contributed by atoms with Crippen LogP contribution < -0.4 is 0 Å². The molecule has 1 fully saturated rings. The Morgan fingerprint density at radius 2 is 1.93 bits per heavy atom. The monoisotopic (exact) mass is 377 g/mol. The van der Waals surface area contributed by atoms with Crippen LogP contribution in [0.15, 0.2) is 54.1 Å². The lowest BCUT2D eigenvalue weighted by Gasteiger charge is -2.31. The van der Waals surface area contributed by atoms with Crippen molar-refractivity contribution >= 4 is 11.6 Å². The van der Waals surface area contributed by atoms with Gasteiger partial charge in [-0.05, 0) is 42.6 Å². The molecule has 9 nitrogen and oxygen atoms in total. The number of amides is 1. The number of carbonyl (C=O) groups is 1. The average Bonchev–Trinajstić information content (AvgIpc) is 3.20. The van der Waals surface area contributed by atoms with Crippen molar-refractivity contribution in [2.24, 2.45) is 5.18 Å². The number of likely N-dealkylation sites (N-methyl/N-ethyl adjacent to an activating group) is 1. The topological polar surface area (TPSA) is 96.6 Å². The van der Waals surface area contributed by atoms with Crippen LogP contribution in [0.5, 0.6) is 0 Å². The van der Waals surface area contributed by atoms with Gasteiger partial charge >= 0.3 is 0 Å². The van der Waals surface area contributed by atoms with Gasteiger partial charge in [-0.3, -0.25) is 14.8 Å². The molecular formula is C19H19N7O2. The van der Waals surface area contributed by atoms with Crippen LogP contribution in [0.2, 0.25) is 0 Å². The van der Waals surface area contributed by atoms with E-state index in [2.05, 4.69) is 25.1 Å². The Bertz CT molecular complexity index is 977. The first kappa shape index (κ1) is 17.9. The summed E-state index contributed by atoms with van der Waals surface area (Å²) in [6.07, 6.45) is 4.73. The van der Waals surface area contributed by atoms with Gasteiger partial charge in [-0.1, -0.05) is 0 Å². The lowest BCUT2D eigenvalue weighted by molar-refractivity contribution is 0.0657. The number of carbonyl (C=O) groups excluding carboxylic acids is 1. The van der Waals surface area contributed by atoms with Gasteiger partial charge in [0.25, 0.3) is 5.91 Å². The second-order valence-corrected chi connectivity index (χ2v) is 6.63. The van der Waals surface area contributed by atoms with E-state index in [0.29, 0.717) is 35.9 Å². The van der Waals surface area contributed by atoms with E-state index in [9.17, 15) is 9.70 Å². The second kappa shape index (κ2) is 7.65. The van der Waals surface area contributed by atoms with E-state index in [-0.39, 0.29) is 11.6 Å². The van der Waals surface area contributed by atoms with E-state index in [1.165, 1.54) is 6.20 Å². The summed E-state index contributed by atoms with van der Waals surface area (Å²) in [5.74, 6) is -0.108. The maximum Gasteiger partial charge on any atom is 0.274 e. The molecule has 1 amide bonds. The molecule has 4 rings (SSSR count). The number of hydrogen-bond acceptors (Lipinski definition) is 7. The second-order valence-electron chi connectivity index (χ2n) is 6.63. The van der Waals surface area contributed by atoms with Crippen LogP contribution >= 0.6 is 0 Å². The zero-order valence-corrected chi connectivity index (χ0v) is 15.4. The third kappa shape index (κ3) is 3.52. The first-order valence-corrected chi connectivity index (χ1v) is 8.94. The van der Waals surface area contributed by atoms with Gasteiger partial charge in [0.05, 0.1) is 29.5 Å². The Hall–Kier alpha value is -3.46. The zero-order valence-electron chi connectivity index (χ0n) is 15.4. The summed E-state index contributed by atoms with van der Waals surface area (Å²) in [7, 11) is 2.04. The summed E-state index contributed by atoms with van der Waals surface area (Å²) in [4.78, 5) is 36.1. The van der Waals surface area contributed by atoms with Gasteiger partial charge in [0.1, 0.15) is 5.69 Å². The van der Waals surface area contributed by atoms with Crippen LogP contribution in [-0.4, -0.2) is 68.7 Å². The quantitative estimate of drug-likeness (QED) is 0.646. The first-order valence-electron chi connectivity index (χ1n) is 8.94. The van der Waals surface area contributed by atoms with Gasteiger partial charge in [0.15, 0.2) is 5.69 Å². The molecule has 0 spiro atoms. The van der Waals surface area contributed by atoms with Crippen molar-refractivity contribution in [3.63, 3.8) is 0 Å². The van der Waals surface area contributed by atoms with Gasteiger partial charge < -0.3 is 9.80 Å². The maximum absolute atomic E-state index is 13.0. The van der Waals surface area contributed by atoms with Gasteiger partial charge in [-0.25, -0.2) is 4.68 Å². The van der Waals surface area contributed by atoms with Crippen molar-refractivity contribution in [1.29, 1.82) is 0 Å². The zero-order chi connectivity index (χ0) is 19.5. The van der Waals surface area contributed by atoms with E-state index in [0.717, 1.165) is 13.1 Å². The van der Waals surface area contributed by atoms with Crippen LogP contribution in [0.4, 0.5) is 5.69 Å². The number of nitroso groups, excluding NO2 is 1. The predicted octanol–water partition coefficient (Wildman–Crippen LogP) is 2.11. The van der Waals surface area contributed by atoms with Gasteiger partial charge in [0.2, 0.25) is 0 Å². The van der Waals surface area contributed by atoms with Crippen molar-refractivity contribution in [3.8, 4) is 17.1 Å². The standard InChI is InChI=1S/C19H19N7O2/c1-24-7-9-25(10-8-24)19(27)17-11-18(16-5-4-14(23-28)12-21-16)26(22-17)15-3-2-6-20-13-15/h2-6,11-13H,7-10H2,1H3. The van der Waals surface area contributed by atoms with Crippen molar-refractivity contribution in [1.82, 2.24) is 29.5 Å². The molecule has 4 heterocycles. The molecule has 0 N–H and O–H groups in total. The molecule has 1 aliphatic rings. The van der Waals surface area contributed by atoms with Gasteiger partial charge in [0, 0.05) is 32.4 Å². The molecule has 0 bridgehead atoms. The van der Waals surface area contributed by atoms with Crippen molar-refractivity contribution in [2.75, 3.05) is 33.2 Å². The van der Waals surface area contributed by atoms with E-state index in [1.54, 1.807) is 41.3 Å². The van der Waals surface area contributed by atoms with Crippen molar-refractivity contribution in [3.05, 3.63) is 59.5 Å². The fourth-order valence-electron chi connectivity index (χ4n) is 3.11. The Morgan fingerprint density at radius 3 is 2.57 bits per heavy atom. The fraction of sp³-hybridized carbons (Fsp3) is 0.263. The summed E-state index contributed by atoms with van der Waals surface area (Å²) >= 11 is 0. The molecule has 28 heavy (non-hydrogen) atoms. The van der Waals surface area contributed by atoms with Crippen LogP contribution in [-0.2, 0) is 0 Å². The molecule has 0 radical (unpaired) electrons. The van der Waals surface area contributed by atoms with E-state index in [4.69, 9.17) is 0 Å². The lowest BCUT2D eigenvalue weighted by Crippen LogP contribution is -2.47. The molecule has 0 atom stereocenters. The van der Waals surface area contributed by atoms with Crippen LogP contribution in [0.1, 0.15) is 10.5 Å². The summed E-state index contributed by atoms with van der Waals surface area (Å²) in [6, 6.07) is 8.65. The van der Waals surface area contributed by atoms with Crippen molar-refractivity contribution in [2.45, 2.75) is 0 Å². The highest BCUT2D eigenvalue weighted by Crippen LogP contribution is 2.24. The largest absolute Gasteiger partial charge is 0.335 e. The molecule has 9 heteroatoms. The molecule has 0 aliphatic carbocycles. The van der Waals surface area contributed by atoms with E-state index in [1.807, 2.05) is 18.0 Å².